The fourth-order valence-electron chi connectivity index (χ4n) is 1.37. The van der Waals surface area contributed by atoms with Crippen molar-refractivity contribution in [3.05, 3.63) is 36.4 Å². The number of rotatable bonds is 2. The minimum atomic E-state index is -4.73. The summed E-state index contributed by atoms with van der Waals surface area (Å²) in [6, 6.07) is 5.74. The largest absolute Gasteiger partial charge is 0.573 e. The highest BCUT2D eigenvalue weighted by atomic mass is 19.4. The number of aromatic nitrogens is 1. The summed E-state index contributed by atoms with van der Waals surface area (Å²) in [5.74, 6) is 0.306. The van der Waals surface area contributed by atoms with Crippen molar-refractivity contribution in [2.45, 2.75) is 13.3 Å². The van der Waals surface area contributed by atoms with Gasteiger partial charge < -0.3 is 9.15 Å². The Bertz CT molecular complexity index is 519. The number of aryl methyl sites for hydroxylation is 1. The number of halogens is 3. The number of hydrogen-bond acceptors (Lipinski definition) is 3. The first-order valence-electron chi connectivity index (χ1n) is 4.73. The van der Waals surface area contributed by atoms with E-state index in [0.29, 0.717) is 5.89 Å². The van der Waals surface area contributed by atoms with E-state index in [9.17, 15) is 13.2 Å². The third-order valence-electron chi connectivity index (χ3n) is 2.00. The third-order valence-corrected chi connectivity index (χ3v) is 2.00. The first-order chi connectivity index (χ1) is 7.96. The molecule has 1 aromatic carbocycles. The molecule has 0 saturated carbocycles. The average molecular weight is 243 g/mol. The lowest BCUT2D eigenvalue weighted by atomic mass is 10.1. The number of hydrogen-bond donors (Lipinski definition) is 0. The molecule has 1 aromatic heterocycles. The number of ether oxygens (including phenoxy) is 1. The van der Waals surface area contributed by atoms with Crippen LogP contribution < -0.4 is 4.74 Å². The van der Waals surface area contributed by atoms with Crippen LogP contribution in [-0.4, -0.2) is 11.3 Å². The number of benzene rings is 1. The van der Waals surface area contributed by atoms with Crippen LogP contribution in [0.15, 0.2) is 34.9 Å². The van der Waals surface area contributed by atoms with Crippen LogP contribution in [0.3, 0.4) is 0 Å². The first-order valence-corrected chi connectivity index (χ1v) is 4.73. The molecule has 0 spiro atoms. The Kier molecular flexibility index (Phi) is 2.79. The molecule has 0 aliphatic rings. The monoisotopic (exact) mass is 243 g/mol. The predicted molar refractivity (Wildman–Crippen MR) is 53.4 cm³/mol. The second kappa shape index (κ2) is 4.12. The Morgan fingerprint density at radius 2 is 1.94 bits per heavy atom. The normalized spacial score (nSPS) is 11.5. The van der Waals surface area contributed by atoms with Crippen LogP contribution in [0.2, 0.25) is 0 Å². The van der Waals surface area contributed by atoms with Gasteiger partial charge in [0, 0.05) is 6.92 Å². The first kappa shape index (κ1) is 11.5. The van der Waals surface area contributed by atoms with Gasteiger partial charge in [0.15, 0.2) is 11.7 Å². The number of para-hydroxylation sites is 1. The molecule has 6 heteroatoms. The van der Waals surface area contributed by atoms with E-state index in [-0.39, 0.29) is 17.1 Å². The third kappa shape index (κ3) is 2.77. The lowest BCUT2D eigenvalue weighted by Crippen LogP contribution is -2.17. The van der Waals surface area contributed by atoms with Gasteiger partial charge >= 0.3 is 6.36 Å². The van der Waals surface area contributed by atoms with Gasteiger partial charge in [-0.05, 0) is 12.1 Å². The van der Waals surface area contributed by atoms with Crippen LogP contribution in [0.1, 0.15) is 5.89 Å². The maximum Gasteiger partial charge on any atom is 0.573 e. The molecule has 0 aliphatic carbocycles. The van der Waals surface area contributed by atoms with Crippen LogP contribution in [0.5, 0.6) is 5.75 Å². The van der Waals surface area contributed by atoms with Crippen molar-refractivity contribution in [3.63, 3.8) is 0 Å². The molecule has 0 fully saturated rings. The van der Waals surface area contributed by atoms with Gasteiger partial charge in [-0.2, -0.15) is 0 Å². The van der Waals surface area contributed by atoms with Gasteiger partial charge in [0.05, 0.1) is 11.8 Å². The molecule has 2 aromatic rings. The molecule has 0 saturated heterocycles. The summed E-state index contributed by atoms with van der Waals surface area (Å²) in [6.45, 7) is 1.61. The van der Waals surface area contributed by atoms with Crippen LogP contribution in [-0.2, 0) is 0 Å². The quantitative estimate of drug-likeness (QED) is 0.809. The van der Waals surface area contributed by atoms with Crippen LogP contribution >= 0.6 is 0 Å². The Labute approximate surface area is 94.8 Å². The minimum absolute atomic E-state index is 0.213. The van der Waals surface area contributed by atoms with Gasteiger partial charge in [0.2, 0.25) is 0 Å². The van der Waals surface area contributed by atoms with Crippen molar-refractivity contribution in [2.75, 3.05) is 0 Å². The predicted octanol–water partition coefficient (Wildman–Crippen LogP) is 3.55. The molecule has 0 unspecified atom stereocenters. The molecular weight excluding hydrogens is 235 g/mol. The summed E-state index contributed by atoms with van der Waals surface area (Å²) in [7, 11) is 0. The van der Waals surface area contributed by atoms with E-state index in [1.54, 1.807) is 13.0 Å². The highest BCUT2D eigenvalue weighted by molar-refractivity contribution is 5.65. The molecule has 0 atom stereocenters. The lowest BCUT2D eigenvalue weighted by molar-refractivity contribution is -0.274. The number of oxazole rings is 1. The topological polar surface area (TPSA) is 35.3 Å². The second-order valence-corrected chi connectivity index (χ2v) is 3.29. The summed E-state index contributed by atoms with van der Waals surface area (Å²) < 4.78 is 45.6. The fourth-order valence-corrected chi connectivity index (χ4v) is 1.37. The zero-order valence-corrected chi connectivity index (χ0v) is 8.78. The Morgan fingerprint density at radius 3 is 2.53 bits per heavy atom. The van der Waals surface area contributed by atoms with Crippen LogP contribution in [0, 0.1) is 6.92 Å². The maximum atomic E-state index is 12.2. The van der Waals surface area contributed by atoms with E-state index in [1.165, 1.54) is 24.4 Å². The summed E-state index contributed by atoms with van der Waals surface area (Å²) in [5, 5.41) is 0. The van der Waals surface area contributed by atoms with Crippen LogP contribution in [0.4, 0.5) is 13.2 Å². The molecule has 0 radical (unpaired) electrons. The Balaban J connectivity index is 2.41. The Hall–Kier alpha value is -1.98. The molecule has 1 heterocycles. The van der Waals surface area contributed by atoms with Gasteiger partial charge in [-0.3, -0.25) is 0 Å². The van der Waals surface area contributed by atoms with Gasteiger partial charge in [0.1, 0.15) is 5.75 Å². The standard InChI is InChI=1S/C11H8F3NO2/c1-7-15-6-10(16-7)8-4-2-3-5-9(8)17-11(12,13)14/h2-6H,1H3. The van der Waals surface area contributed by atoms with Crippen molar-refractivity contribution in [2.24, 2.45) is 0 Å². The molecule has 17 heavy (non-hydrogen) atoms. The highest BCUT2D eigenvalue weighted by Crippen LogP contribution is 2.33. The summed E-state index contributed by atoms with van der Waals surface area (Å²) in [5.41, 5.74) is 0.213. The van der Waals surface area contributed by atoms with Crippen molar-refractivity contribution in [3.8, 4) is 17.1 Å². The molecule has 0 bridgehead atoms. The van der Waals surface area contributed by atoms with Crippen molar-refractivity contribution in [1.82, 2.24) is 4.98 Å². The molecule has 3 nitrogen and oxygen atoms in total. The molecule has 90 valence electrons. The lowest BCUT2D eigenvalue weighted by Gasteiger charge is -2.11. The average Bonchev–Trinajstić information content (AvgIpc) is 2.63. The van der Waals surface area contributed by atoms with Gasteiger partial charge in [-0.25, -0.2) is 4.98 Å². The zero-order valence-electron chi connectivity index (χ0n) is 8.78. The van der Waals surface area contributed by atoms with Crippen molar-refractivity contribution >= 4 is 0 Å². The summed E-state index contributed by atoms with van der Waals surface area (Å²) in [6.07, 6.45) is -3.38. The molecule has 0 N–H and O–H groups in total. The van der Waals surface area contributed by atoms with E-state index in [2.05, 4.69) is 9.72 Å². The smallest absolute Gasteiger partial charge is 0.441 e. The molecule has 0 amide bonds. The van der Waals surface area contributed by atoms with Gasteiger partial charge in [-0.15, -0.1) is 13.2 Å². The van der Waals surface area contributed by atoms with E-state index in [1.807, 2.05) is 0 Å². The maximum absolute atomic E-state index is 12.2. The van der Waals surface area contributed by atoms with Crippen molar-refractivity contribution < 1.29 is 22.3 Å². The van der Waals surface area contributed by atoms with E-state index >= 15 is 0 Å². The molecule has 0 aliphatic heterocycles. The minimum Gasteiger partial charge on any atom is -0.441 e. The summed E-state index contributed by atoms with van der Waals surface area (Å²) in [4.78, 5) is 3.83. The molecule has 2 rings (SSSR count). The Morgan fingerprint density at radius 1 is 1.24 bits per heavy atom. The zero-order chi connectivity index (χ0) is 12.5. The summed E-state index contributed by atoms with van der Waals surface area (Å²) >= 11 is 0. The number of nitrogens with zero attached hydrogens (tertiary/aromatic N) is 1. The van der Waals surface area contributed by atoms with E-state index in [4.69, 9.17) is 4.42 Å². The van der Waals surface area contributed by atoms with Gasteiger partial charge in [0.25, 0.3) is 0 Å². The van der Waals surface area contributed by atoms with Crippen LogP contribution in [0.25, 0.3) is 11.3 Å². The van der Waals surface area contributed by atoms with E-state index in [0.717, 1.165) is 0 Å². The SMILES string of the molecule is Cc1ncc(-c2ccccc2OC(F)(F)F)o1. The number of alkyl halides is 3. The fraction of sp³-hybridized carbons (Fsp3) is 0.182. The van der Waals surface area contributed by atoms with Crippen molar-refractivity contribution in [1.29, 1.82) is 0 Å². The van der Waals surface area contributed by atoms with Gasteiger partial charge in [-0.1, -0.05) is 12.1 Å². The molecular formula is C11H8F3NO2. The second-order valence-electron chi connectivity index (χ2n) is 3.29. The highest BCUT2D eigenvalue weighted by Gasteiger charge is 2.32. The van der Waals surface area contributed by atoms with E-state index < -0.39 is 6.36 Å².